The van der Waals surface area contributed by atoms with Gasteiger partial charge >= 0.3 is 0 Å². The molecule has 20 heavy (non-hydrogen) atoms. The summed E-state index contributed by atoms with van der Waals surface area (Å²) in [6.45, 7) is 0.241. The second kappa shape index (κ2) is 5.06. The fraction of sp³-hybridized carbons (Fsp3) is 0.462. The van der Waals surface area contributed by atoms with Crippen LogP contribution >= 0.6 is 0 Å². The Kier molecular flexibility index (Phi) is 3.75. The molecule has 0 bridgehead atoms. The Morgan fingerprint density at radius 2 is 2.10 bits per heavy atom. The topological polar surface area (TPSA) is 109 Å². The molecule has 1 saturated carbocycles. The van der Waals surface area contributed by atoms with E-state index >= 15 is 0 Å². The Morgan fingerprint density at radius 1 is 1.45 bits per heavy atom. The number of benzene rings is 1. The van der Waals surface area contributed by atoms with Gasteiger partial charge in [-0.2, -0.15) is 0 Å². The molecular weight excluding hydrogens is 280 g/mol. The van der Waals surface area contributed by atoms with Crippen LogP contribution in [0.1, 0.15) is 19.3 Å². The van der Waals surface area contributed by atoms with Crippen molar-refractivity contribution in [2.24, 2.45) is 11.1 Å². The molecule has 1 fully saturated rings. The number of carbonyl (C=O) groups excluding carboxylic acids is 1. The van der Waals surface area contributed by atoms with Crippen LogP contribution in [-0.4, -0.2) is 32.2 Å². The number of anilines is 1. The fourth-order valence-corrected chi connectivity index (χ4v) is 2.88. The molecule has 110 valence electrons. The first-order chi connectivity index (χ1) is 9.28. The first kappa shape index (κ1) is 14.8. The summed E-state index contributed by atoms with van der Waals surface area (Å²) in [6, 6.07) is 3.80. The Balaban J connectivity index is 2.27. The summed E-state index contributed by atoms with van der Waals surface area (Å²) < 4.78 is 23.0. The lowest BCUT2D eigenvalue weighted by Crippen LogP contribution is -2.47. The second-order valence-corrected chi connectivity index (χ2v) is 7.26. The van der Waals surface area contributed by atoms with Crippen molar-refractivity contribution in [3.8, 4) is 5.75 Å². The predicted molar refractivity (Wildman–Crippen MR) is 75.2 cm³/mol. The molecule has 1 aromatic rings. The van der Waals surface area contributed by atoms with E-state index in [0.717, 1.165) is 12.7 Å². The monoisotopic (exact) mass is 298 g/mol. The molecule has 7 heteroatoms. The van der Waals surface area contributed by atoms with E-state index in [-0.39, 0.29) is 28.8 Å². The van der Waals surface area contributed by atoms with E-state index in [1.54, 1.807) is 0 Å². The Morgan fingerprint density at radius 3 is 2.55 bits per heavy atom. The third kappa shape index (κ3) is 2.64. The summed E-state index contributed by atoms with van der Waals surface area (Å²) in [5.74, 6) is -0.440. The fourth-order valence-electron chi connectivity index (χ4n) is 2.23. The highest BCUT2D eigenvalue weighted by atomic mass is 32.2. The molecule has 0 spiro atoms. The summed E-state index contributed by atoms with van der Waals surface area (Å²) in [5, 5.41) is 12.3. The van der Waals surface area contributed by atoms with Gasteiger partial charge in [-0.3, -0.25) is 4.79 Å². The highest BCUT2D eigenvalue weighted by Gasteiger charge is 2.43. The van der Waals surface area contributed by atoms with Crippen molar-refractivity contribution in [3.05, 3.63) is 18.2 Å². The predicted octanol–water partition coefficient (Wildman–Crippen LogP) is 0.863. The lowest BCUT2D eigenvalue weighted by atomic mass is 9.68. The van der Waals surface area contributed by atoms with Gasteiger partial charge < -0.3 is 16.2 Å². The summed E-state index contributed by atoms with van der Waals surface area (Å²) >= 11 is 0. The maximum atomic E-state index is 12.2. The molecule has 4 N–H and O–H groups in total. The average Bonchev–Trinajstić information content (AvgIpc) is 2.29. The van der Waals surface area contributed by atoms with Gasteiger partial charge in [0, 0.05) is 12.8 Å². The van der Waals surface area contributed by atoms with Gasteiger partial charge in [-0.25, -0.2) is 8.42 Å². The molecule has 6 nitrogen and oxygen atoms in total. The van der Waals surface area contributed by atoms with E-state index in [9.17, 15) is 18.3 Å². The van der Waals surface area contributed by atoms with Crippen molar-refractivity contribution in [2.75, 3.05) is 18.1 Å². The zero-order chi connectivity index (χ0) is 15.0. The van der Waals surface area contributed by atoms with Crippen LogP contribution in [0, 0.1) is 5.41 Å². The number of nitrogens with two attached hydrogens (primary N) is 1. The molecule has 0 atom stereocenters. The van der Waals surface area contributed by atoms with Crippen molar-refractivity contribution in [2.45, 2.75) is 24.2 Å². The molecular formula is C13H18N2O4S. The zero-order valence-electron chi connectivity index (χ0n) is 11.2. The summed E-state index contributed by atoms with van der Waals surface area (Å²) in [4.78, 5) is 12.3. The molecule has 1 aliphatic rings. The quantitative estimate of drug-likeness (QED) is 0.714. The first-order valence-corrected chi connectivity index (χ1v) is 8.22. The SMILES string of the molecule is CS(=O)(=O)c1ccc(O)c(NC(=O)C2(CN)CCC2)c1. The zero-order valence-corrected chi connectivity index (χ0v) is 12.0. The number of carbonyl (C=O) groups is 1. The van der Waals surface area contributed by atoms with E-state index in [1.807, 2.05) is 0 Å². The van der Waals surface area contributed by atoms with Gasteiger partial charge in [0.2, 0.25) is 5.91 Å². The normalized spacial score (nSPS) is 17.3. The van der Waals surface area contributed by atoms with Gasteiger partial charge in [0.25, 0.3) is 0 Å². The number of phenolic OH excluding ortho intramolecular Hbond substituents is 1. The van der Waals surface area contributed by atoms with Gasteiger partial charge in [-0.1, -0.05) is 6.42 Å². The minimum atomic E-state index is -3.40. The standard InChI is InChI=1S/C13H18N2O4S/c1-20(18,19)9-3-4-11(16)10(7-9)15-12(17)13(8-14)5-2-6-13/h3-4,7,16H,2,5-6,8,14H2,1H3,(H,15,17). The lowest BCUT2D eigenvalue weighted by molar-refractivity contribution is -0.129. The van der Waals surface area contributed by atoms with Crippen molar-refractivity contribution < 1.29 is 18.3 Å². The number of rotatable bonds is 4. The molecule has 1 amide bonds. The highest BCUT2D eigenvalue weighted by Crippen LogP contribution is 2.41. The average molecular weight is 298 g/mol. The van der Waals surface area contributed by atoms with Gasteiger partial charge in [-0.05, 0) is 31.0 Å². The smallest absolute Gasteiger partial charge is 0.231 e. The number of aromatic hydroxyl groups is 1. The Labute approximate surface area is 117 Å². The highest BCUT2D eigenvalue weighted by molar-refractivity contribution is 7.90. The Bertz CT molecular complexity index is 630. The van der Waals surface area contributed by atoms with Gasteiger partial charge in [0.15, 0.2) is 9.84 Å². The van der Waals surface area contributed by atoms with E-state index in [4.69, 9.17) is 5.73 Å². The molecule has 0 aromatic heterocycles. The van der Waals surface area contributed by atoms with Crippen LogP contribution in [-0.2, 0) is 14.6 Å². The second-order valence-electron chi connectivity index (χ2n) is 5.24. The molecule has 1 aliphatic carbocycles. The molecule has 1 aromatic carbocycles. The van der Waals surface area contributed by atoms with Crippen LogP contribution in [0.5, 0.6) is 5.75 Å². The number of hydrogen-bond donors (Lipinski definition) is 3. The van der Waals surface area contributed by atoms with Crippen LogP contribution in [0.15, 0.2) is 23.1 Å². The number of sulfone groups is 1. The van der Waals surface area contributed by atoms with E-state index in [0.29, 0.717) is 12.8 Å². The molecule has 2 rings (SSSR count). The van der Waals surface area contributed by atoms with Crippen molar-refractivity contribution in [1.82, 2.24) is 0 Å². The van der Waals surface area contributed by atoms with E-state index < -0.39 is 15.3 Å². The van der Waals surface area contributed by atoms with Crippen molar-refractivity contribution in [1.29, 1.82) is 0 Å². The third-order valence-corrected chi connectivity index (χ3v) is 4.94. The molecule has 0 aliphatic heterocycles. The maximum absolute atomic E-state index is 12.2. The number of phenols is 1. The largest absolute Gasteiger partial charge is 0.506 e. The third-order valence-electron chi connectivity index (χ3n) is 3.83. The van der Waals surface area contributed by atoms with Gasteiger partial charge in [0.1, 0.15) is 5.75 Å². The van der Waals surface area contributed by atoms with E-state index in [1.165, 1.54) is 18.2 Å². The first-order valence-electron chi connectivity index (χ1n) is 6.33. The number of hydrogen-bond acceptors (Lipinski definition) is 5. The minimum absolute atomic E-state index is 0.0426. The molecule has 0 unspecified atom stereocenters. The molecule has 0 saturated heterocycles. The lowest BCUT2D eigenvalue weighted by Gasteiger charge is -2.39. The molecule has 0 radical (unpaired) electrons. The van der Waals surface area contributed by atoms with Crippen LogP contribution in [0.2, 0.25) is 0 Å². The number of nitrogens with one attached hydrogen (secondary N) is 1. The van der Waals surface area contributed by atoms with Crippen LogP contribution < -0.4 is 11.1 Å². The van der Waals surface area contributed by atoms with Crippen molar-refractivity contribution in [3.63, 3.8) is 0 Å². The van der Waals surface area contributed by atoms with Gasteiger partial charge in [-0.15, -0.1) is 0 Å². The minimum Gasteiger partial charge on any atom is -0.506 e. The molecule has 0 heterocycles. The van der Waals surface area contributed by atoms with Crippen molar-refractivity contribution >= 4 is 21.4 Å². The van der Waals surface area contributed by atoms with Gasteiger partial charge in [0.05, 0.1) is 16.0 Å². The van der Waals surface area contributed by atoms with Crippen LogP contribution in [0.25, 0.3) is 0 Å². The summed E-state index contributed by atoms with van der Waals surface area (Å²) in [7, 11) is -3.40. The van der Waals surface area contributed by atoms with Crippen LogP contribution in [0.3, 0.4) is 0 Å². The summed E-state index contributed by atoms with van der Waals surface area (Å²) in [5.41, 5.74) is 5.15. The maximum Gasteiger partial charge on any atom is 0.231 e. The number of amides is 1. The van der Waals surface area contributed by atoms with Crippen LogP contribution in [0.4, 0.5) is 5.69 Å². The summed E-state index contributed by atoms with van der Waals surface area (Å²) in [6.07, 6.45) is 3.43. The Hall–Kier alpha value is -1.60. The van der Waals surface area contributed by atoms with E-state index in [2.05, 4.69) is 5.32 Å².